The SMILES string of the molecule is CC(=O)Nc1cccc(S(=O)(=O)N2CCC(c3cc(F)cc4c3CN(C3CCC(=O)NC3=O)C4=O)CC2)c1. The Morgan fingerprint density at radius 3 is 2.50 bits per heavy atom. The Kier molecular flexibility index (Phi) is 6.78. The van der Waals surface area contributed by atoms with Crippen LogP contribution in [0.4, 0.5) is 10.1 Å². The zero-order valence-electron chi connectivity index (χ0n) is 20.7. The third-order valence-corrected chi connectivity index (χ3v) is 9.24. The first kappa shape index (κ1) is 26.0. The van der Waals surface area contributed by atoms with Gasteiger partial charge in [0.15, 0.2) is 0 Å². The molecule has 1 unspecified atom stereocenters. The van der Waals surface area contributed by atoms with Gasteiger partial charge in [0, 0.05) is 44.2 Å². The zero-order chi connectivity index (χ0) is 27.2. The molecule has 2 saturated heterocycles. The number of piperidine rings is 2. The van der Waals surface area contributed by atoms with E-state index in [0.29, 0.717) is 29.7 Å². The van der Waals surface area contributed by atoms with E-state index in [-0.39, 0.29) is 60.7 Å². The van der Waals surface area contributed by atoms with E-state index >= 15 is 0 Å². The van der Waals surface area contributed by atoms with Crippen molar-refractivity contribution < 1.29 is 32.0 Å². The van der Waals surface area contributed by atoms with Gasteiger partial charge in [0.1, 0.15) is 11.9 Å². The number of anilines is 1. The zero-order valence-corrected chi connectivity index (χ0v) is 21.5. The Bertz CT molecular complexity index is 1450. The molecule has 2 fully saturated rings. The van der Waals surface area contributed by atoms with Crippen LogP contribution in [-0.4, -0.2) is 60.4 Å². The molecule has 200 valence electrons. The van der Waals surface area contributed by atoms with Crippen LogP contribution in [0.5, 0.6) is 0 Å². The van der Waals surface area contributed by atoms with E-state index in [1.54, 1.807) is 12.1 Å². The number of benzene rings is 2. The number of hydrogen-bond acceptors (Lipinski definition) is 6. The van der Waals surface area contributed by atoms with Crippen molar-refractivity contribution in [3.05, 3.63) is 58.9 Å². The molecule has 5 rings (SSSR count). The normalized spacial score (nSPS) is 20.8. The van der Waals surface area contributed by atoms with Crippen LogP contribution in [0.3, 0.4) is 0 Å². The first-order chi connectivity index (χ1) is 18.0. The van der Waals surface area contributed by atoms with Crippen molar-refractivity contribution in [1.82, 2.24) is 14.5 Å². The molecule has 2 aromatic rings. The van der Waals surface area contributed by atoms with Crippen molar-refractivity contribution in [2.45, 2.75) is 56.0 Å². The second-order valence-electron chi connectivity index (χ2n) is 9.81. The van der Waals surface area contributed by atoms with E-state index < -0.39 is 33.7 Å². The summed E-state index contributed by atoms with van der Waals surface area (Å²) in [5.74, 6) is -2.42. The molecular weight excluding hydrogens is 515 g/mol. The number of fused-ring (bicyclic) bond motifs is 1. The highest BCUT2D eigenvalue weighted by molar-refractivity contribution is 7.89. The topological polar surface area (TPSA) is 133 Å². The summed E-state index contributed by atoms with van der Waals surface area (Å²) >= 11 is 0. The maximum absolute atomic E-state index is 14.6. The van der Waals surface area contributed by atoms with Crippen molar-refractivity contribution in [2.75, 3.05) is 18.4 Å². The Hall–Kier alpha value is -3.64. The Morgan fingerprint density at radius 1 is 1.08 bits per heavy atom. The largest absolute Gasteiger partial charge is 0.326 e. The van der Waals surface area contributed by atoms with Gasteiger partial charge in [-0.25, -0.2) is 12.8 Å². The van der Waals surface area contributed by atoms with Crippen molar-refractivity contribution >= 4 is 39.3 Å². The standard InChI is InChI=1S/C26H27FN4O6S/c1-15(32)28-18-3-2-4-19(13-18)38(36,37)30-9-7-16(8-10-30)20-11-17(27)12-21-22(20)14-31(26(21)35)23-5-6-24(33)29-25(23)34/h2-4,11-13,16,23H,5-10,14H2,1H3,(H,28,32)(H,29,33,34). The van der Waals surface area contributed by atoms with E-state index in [4.69, 9.17) is 0 Å². The van der Waals surface area contributed by atoms with Crippen molar-refractivity contribution in [1.29, 1.82) is 0 Å². The maximum Gasteiger partial charge on any atom is 0.255 e. The predicted octanol–water partition coefficient (Wildman–Crippen LogP) is 2.11. The summed E-state index contributed by atoms with van der Waals surface area (Å²) < 4.78 is 42.5. The Morgan fingerprint density at radius 2 is 1.82 bits per heavy atom. The second kappa shape index (κ2) is 9.91. The number of carbonyl (C=O) groups is 4. The molecule has 3 aliphatic rings. The van der Waals surface area contributed by atoms with Gasteiger partial charge in [-0.1, -0.05) is 6.07 Å². The van der Waals surface area contributed by atoms with Gasteiger partial charge >= 0.3 is 0 Å². The highest BCUT2D eigenvalue weighted by atomic mass is 32.2. The molecule has 10 nitrogen and oxygen atoms in total. The number of carbonyl (C=O) groups excluding carboxylic acids is 4. The highest BCUT2D eigenvalue weighted by Gasteiger charge is 2.41. The van der Waals surface area contributed by atoms with Crippen LogP contribution in [0, 0.1) is 5.82 Å². The summed E-state index contributed by atoms with van der Waals surface area (Å²) in [5, 5.41) is 4.84. The lowest BCUT2D eigenvalue weighted by atomic mass is 9.86. The van der Waals surface area contributed by atoms with E-state index in [1.165, 1.54) is 40.4 Å². The van der Waals surface area contributed by atoms with Crippen LogP contribution in [0.2, 0.25) is 0 Å². The summed E-state index contributed by atoms with van der Waals surface area (Å²) in [6, 6.07) is 7.83. The summed E-state index contributed by atoms with van der Waals surface area (Å²) in [5.41, 5.74) is 1.88. The van der Waals surface area contributed by atoms with Gasteiger partial charge in [-0.15, -0.1) is 0 Å². The minimum Gasteiger partial charge on any atom is -0.326 e. The number of hydrogen-bond donors (Lipinski definition) is 2. The average Bonchev–Trinajstić information content (AvgIpc) is 3.19. The minimum absolute atomic E-state index is 0.0688. The third-order valence-electron chi connectivity index (χ3n) is 7.34. The van der Waals surface area contributed by atoms with Gasteiger partial charge in [0.25, 0.3) is 5.91 Å². The third kappa shape index (κ3) is 4.81. The van der Waals surface area contributed by atoms with Crippen molar-refractivity contribution in [2.24, 2.45) is 0 Å². The summed E-state index contributed by atoms with van der Waals surface area (Å²) in [7, 11) is -3.81. The molecule has 1 atom stereocenters. The molecule has 4 amide bonds. The van der Waals surface area contributed by atoms with E-state index in [9.17, 15) is 32.0 Å². The molecule has 0 bridgehead atoms. The van der Waals surface area contributed by atoms with Gasteiger partial charge in [0.05, 0.1) is 4.90 Å². The molecule has 2 N–H and O–H groups in total. The van der Waals surface area contributed by atoms with Crippen LogP contribution in [0.15, 0.2) is 41.3 Å². The van der Waals surface area contributed by atoms with E-state index in [2.05, 4.69) is 10.6 Å². The lowest BCUT2D eigenvalue weighted by molar-refractivity contribution is -0.137. The van der Waals surface area contributed by atoms with Crippen LogP contribution in [0.1, 0.15) is 60.0 Å². The molecule has 2 aromatic carbocycles. The maximum atomic E-state index is 14.6. The molecule has 0 radical (unpaired) electrons. The number of nitrogens with one attached hydrogen (secondary N) is 2. The van der Waals surface area contributed by atoms with Gasteiger partial charge in [-0.2, -0.15) is 4.31 Å². The van der Waals surface area contributed by atoms with Crippen LogP contribution < -0.4 is 10.6 Å². The quantitative estimate of drug-likeness (QED) is 0.556. The van der Waals surface area contributed by atoms with Crippen LogP contribution >= 0.6 is 0 Å². The van der Waals surface area contributed by atoms with E-state index in [0.717, 1.165) is 0 Å². The van der Waals surface area contributed by atoms with E-state index in [1.807, 2.05) is 0 Å². The number of amides is 4. The first-order valence-corrected chi connectivity index (χ1v) is 13.8. The molecule has 38 heavy (non-hydrogen) atoms. The van der Waals surface area contributed by atoms with Gasteiger partial charge in [-0.05, 0) is 66.6 Å². The fraction of sp³-hybridized carbons (Fsp3) is 0.385. The number of halogens is 1. The lowest BCUT2D eigenvalue weighted by Gasteiger charge is -2.32. The van der Waals surface area contributed by atoms with Crippen LogP contribution in [-0.2, 0) is 31.0 Å². The molecule has 12 heteroatoms. The number of rotatable bonds is 5. The number of sulfonamides is 1. The first-order valence-electron chi connectivity index (χ1n) is 12.4. The second-order valence-corrected chi connectivity index (χ2v) is 11.7. The van der Waals surface area contributed by atoms with Crippen molar-refractivity contribution in [3.8, 4) is 0 Å². The molecular formula is C26H27FN4O6S. The molecule has 3 heterocycles. The fourth-order valence-electron chi connectivity index (χ4n) is 5.51. The summed E-state index contributed by atoms with van der Waals surface area (Å²) in [6.07, 6.45) is 1.18. The van der Waals surface area contributed by atoms with Gasteiger partial charge in [-0.3, -0.25) is 24.5 Å². The van der Waals surface area contributed by atoms with Crippen molar-refractivity contribution in [3.63, 3.8) is 0 Å². The Balaban J connectivity index is 1.34. The summed E-state index contributed by atoms with van der Waals surface area (Å²) in [6.45, 7) is 1.87. The van der Waals surface area contributed by atoms with Gasteiger partial charge < -0.3 is 10.2 Å². The molecule has 0 aromatic heterocycles. The highest BCUT2D eigenvalue weighted by Crippen LogP contribution is 2.38. The monoisotopic (exact) mass is 542 g/mol. The predicted molar refractivity (Wildman–Crippen MR) is 134 cm³/mol. The lowest BCUT2D eigenvalue weighted by Crippen LogP contribution is -2.52. The molecule has 0 saturated carbocycles. The molecule has 0 aliphatic carbocycles. The Labute approximate surface area is 219 Å². The number of nitrogens with zero attached hydrogens (tertiary/aromatic N) is 2. The van der Waals surface area contributed by atoms with Gasteiger partial charge in [0.2, 0.25) is 27.7 Å². The fourth-order valence-corrected chi connectivity index (χ4v) is 7.03. The molecule has 3 aliphatic heterocycles. The summed E-state index contributed by atoms with van der Waals surface area (Å²) in [4.78, 5) is 49.9. The van der Waals surface area contributed by atoms with Crippen LogP contribution in [0.25, 0.3) is 0 Å². The molecule has 0 spiro atoms. The number of imide groups is 1. The smallest absolute Gasteiger partial charge is 0.255 e. The minimum atomic E-state index is -3.81. The average molecular weight is 543 g/mol.